The predicted molar refractivity (Wildman–Crippen MR) is 289 cm³/mol. The number of carbonyl (C=O) groups is 4. The molecule has 1 saturated carbocycles. The summed E-state index contributed by atoms with van der Waals surface area (Å²) < 4.78 is 120. The lowest BCUT2D eigenvalue weighted by Crippen LogP contribution is -2.49. The van der Waals surface area contributed by atoms with Crippen molar-refractivity contribution >= 4 is 58.9 Å². The van der Waals surface area contributed by atoms with E-state index in [1.165, 1.54) is 30.6 Å². The van der Waals surface area contributed by atoms with E-state index in [2.05, 4.69) is 19.9 Å². The van der Waals surface area contributed by atoms with Gasteiger partial charge in [0.1, 0.15) is 23.3 Å². The number of halogens is 8. The summed E-state index contributed by atoms with van der Waals surface area (Å²) in [6, 6.07) is 27.9. The number of piperazine rings is 2. The van der Waals surface area contributed by atoms with Crippen molar-refractivity contribution in [3.63, 3.8) is 0 Å². The van der Waals surface area contributed by atoms with Crippen LogP contribution in [0, 0.1) is 11.6 Å². The summed E-state index contributed by atoms with van der Waals surface area (Å²) in [5.41, 5.74) is -0.353. The monoisotopic (exact) mass is 1150 g/mol. The molecule has 3 aliphatic rings. The minimum absolute atomic E-state index is 0.00431. The first-order valence-corrected chi connectivity index (χ1v) is 27.3. The molecule has 10 rings (SSSR count). The Balaban J connectivity index is 0.000000198. The van der Waals surface area contributed by atoms with E-state index >= 15 is 0 Å². The number of Topliss-reactive ketones (excluding diaryl/α,β-unsaturated/α-hetero) is 2. The van der Waals surface area contributed by atoms with Crippen LogP contribution >= 0.6 is 11.8 Å². The van der Waals surface area contributed by atoms with E-state index in [0.717, 1.165) is 43.0 Å². The van der Waals surface area contributed by atoms with Gasteiger partial charge in [-0.25, -0.2) is 23.7 Å². The van der Waals surface area contributed by atoms with Crippen molar-refractivity contribution in [3.05, 3.63) is 184 Å². The van der Waals surface area contributed by atoms with Crippen LogP contribution in [0.5, 0.6) is 0 Å². The second-order valence-electron chi connectivity index (χ2n) is 19.7. The molecule has 2 saturated heterocycles. The largest absolute Gasteiger partial charge is 0.437 e. The fourth-order valence-electron chi connectivity index (χ4n) is 9.55. The lowest BCUT2D eigenvalue weighted by molar-refractivity contribution is -0.142. The van der Waals surface area contributed by atoms with Crippen molar-refractivity contribution in [2.24, 2.45) is 0 Å². The van der Waals surface area contributed by atoms with Crippen molar-refractivity contribution in [1.82, 2.24) is 29.7 Å². The third-order valence-corrected chi connectivity index (χ3v) is 15.1. The van der Waals surface area contributed by atoms with Crippen LogP contribution in [0.3, 0.4) is 0 Å². The van der Waals surface area contributed by atoms with Gasteiger partial charge in [-0.1, -0.05) is 103 Å². The van der Waals surface area contributed by atoms with Crippen molar-refractivity contribution in [2.45, 2.75) is 74.2 Å². The van der Waals surface area contributed by atoms with Crippen molar-refractivity contribution in [3.8, 4) is 0 Å². The van der Waals surface area contributed by atoms with E-state index in [4.69, 9.17) is 8.83 Å². The van der Waals surface area contributed by atoms with E-state index in [0.29, 0.717) is 86.2 Å². The number of hydrogen-bond donors (Lipinski definition) is 0. The summed E-state index contributed by atoms with van der Waals surface area (Å²) >= 11 is 1.16. The molecule has 14 nitrogen and oxygen atoms in total. The lowest BCUT2D eigenvalue weighted by Gasteiger charge is -2.35. The number of nitrogens with zero attached hydrogens (tertiary/aromatic N) is 8. The molecule has 2 aliphatic heterocycles. The zero-order chi connectivity index (χ0) is 58.0. The van der Waals surface area contributed by atoms with Gasteiger partial charge in [0.2, 0.25) is 40.8 Å². The number of aromatic nitrogens is 4. The summed E-state index contributed by atoms with van der Waals surface area (Å²) in [6.07, 6.45) is -0.832. The SMILES string of the molecule is O=C(Cc1ccc(N2CCN(C(=O)Cc3ccccc3F)CC2)nc1)c1oc(/C=C/c2ccccc2)nc1C(F)(F)F.O=C(Cc1ccc(N2CCN(C(=O)Cc3ccccc3F)CC2)nc1)c1oc(SC2CCCC2)nc1C(F)(F)F. The van der Waals surface area contributed by atoms with Crippen LogP contribution in [0.4, 0.5) is 46.8 Å². The molecule has 0 atom stereocenters. The van der Waals surface area contributed by atoms with E-state index in [1.807, 2.05) is 15.9 Å². The minimum atomic E-state index is -4.87. The van der Waals surface area contributed by atoms with Gasteiger partial charge < -0.3 is 28.4 Å². The third-order valence-electron chi connectivity index (χ3n) is 13.9. The Hall–Kier alpha value is -8.21. The molecule has 0 bridgehead atoms. The number of rotatable bonds is 16. The Morgan fingerprint density at radius 1 is 0.537 bits per heavy atom. The Morgan fingerprint density at radius 3 is 1.44 bits per heavy atom. The molecule has 4 aromatic heterocycles. The normalized spacial score (nSPS) is 15.2. The number of oxazole rings is 2. The minimum Gasteiger partial charge on any atom is -0.433 e. The van der Waals surface area contributed by atoms with Gasteiger partial charge >= 0.3 is 12.4 Å². The average Bonchev–Trinajstić information content (AvgIpc) is 4.42. The van der Waals surface area contributed by atoms with Gasteiger partial charge in [-0.15, -0.1) is 0 Å². The van der Waals surface area contributed by atoms with Crippen LogP contribution in [-0.4, -0.2) is 111 Å². The first-order valence-electron chi connectivity index (χ1n) is 26.4. The number of carbonyl (C=O) groups excluding carboxylic acids is 4. The molecule has 0 spiro atoms. The molecule has 1 aliphatic carbocycles. The fourth-order valence-corrected chi connectivity index (χ4v) is 10.7. The molecule has 82 heavy (non-hydrogen) atoms. The number of anilines is 2. The molecule has 7 aromatic rings. The Bertz CT molecular complexity index is 3370. The quantitative estimate of drug-likeness (QED) is 0.0665. The van der Waals surface area contributed by atoms with E-state index in [-0.39, 0.29) is 53.9 Å². The third kappa shape index (κ3) is 15.2. The molecule has 428 valence electrons. The van der Waals surface area contributed by atoms with Gasteiger partial charge in [0.15, 0.2) is 11.4 Å². The average molecular weight is 1160 g/mol. The molecule has 0 unspecified atom stereocenters. The molecular weight excluding hydrogens is 1100 g/mol. The Labute approximate surface area is 470 Å². The van der Waals surface area contributed by atoms with E-state index in [9.17, 15) is 54.3 Å². The van der Waals surface area contributed by atoms with Crippen LogP contribution in [0.2, 0.25) is 0 Å². The zero-order valence-electron chi connectivity index (χ0n) is 44.0. The van der Waals surface area contributed by atoms with Crippen LogP contribution in [-0.2, 0) is 47.6 Å². The van der Waals surface area contributed by atoms with Gasteiger partial charge in [-0.3, -0.25) is 19.2 Å². The van der Waals surface area contributed by atoms with E-state index in [1.54, 1.807) is 101 Å². The molecule has 23 heteroatoms. The van der Waals surface area contributed by atoms with E-state index < -0.39 is 58.5 Å². The van der Waals surface area contributed by atoms with Gasteiger partial charge in [0, 0.05) is 88.9 Å². The van der Waals surface area contributed by atoms with Crippen molar-refractivity contribution < 1.29 is 63.1 Å². The molecule has 3 aromatic carbocycles. The highest BCUT2D eigenvalue weighted by molar-refractivity contribution is 7.99. The summed E-state index contributed by atoms with van der Waals surface area (Å²) in [7, 11) is 0. The van der Waals surface area contributed by atoms with Crippen LogP contribution in [0.25, 0.3) is 12.2 Å². The number of alkyl halides is 6. The molecule has 2 amide bonds. The highest BCUT2D eigenvalue weighted by Crippen LogP contribution is 2.39. The summed E-state index contributed by atoms with van der Waals surface area (Å²) in [5, 5.41) is 0.0221. The Morgan fingerprint density at radius 2 is 0.988 bits per heavy atom. The number of ketones is 2. The Kier molecular flexibility index (Phi) is 18.6. The van der Waals surface area contributed by atoms with Crippen LogP contribution in [0.1, 0.15) is 91.9 Å². The molecule has 6 heterocycles. The first-order chi connectivity index (χ1) is 39.3. The number of benzene rings is 3. The summed E-state index contributed by atoms with van der Waals surface area (Å²) in [6.45, 7) is 3.79. The highest BCUT2D eigenvalue weighted by atomic mass is 32.2. The van der Waals surface area contributed by atoms with Crippen LogP contribution < -0.4 is 9.80 Å². The maximum atomic E-state index is 13.9. The standard InChI is InChI=1S/C31H26F4N4O3.C28H28F4N4O3S/c32-24-9-5-4-8-23(24)19-28(41)39-16-14-38(15-17-39)26-12-10-22(20-36-26)18-25(40)29-30(31(33,34)35)37-27(42-29)13-11-21-6-2-1-3-7-21;29-21-8-4-1-5-19(21)16-24(38)36-13-11-35(12-14-36)23-10-9-18(17-33-23)15-22(37)25-26(28(30,31)32)34-27(39-25)40-20-6-2-3-7-20/h1-13,20H,14-19H2;1,4-5,8-10,17,20H,2-3,6-7,11-16H2/b13-11+;. The molecule has 3 fully saturated rings. The van der Waals surface area contributed by atoms with Gasteiger partial charge in [0.05, 0.1) is 12.8 Å². The second-order valence-corrected chi connectivity index (χ2v) is 20.9. The van der Waals surface area contributed by atoms with Crippen molar-refractivity contribution in [2.75, 3.05) is 62.2 Å². The number of amides is 2. The maximum Gasteiger partial charge on any atom is 0.437 e. The predicted octanol–water partition coefficient (Wildman–Crippen LogP) is 11.3. The maximum absolute atomic E-state index is 13.9. The zero-order valence-corrected chi connectivity index (χ0v) is 44.8. The molecular formula is C59H54F8N8O6S. The molecule has 0 radical (unpaired) electrons. The van der Waals surface area contributed by atoms with Gasteiger partial charge in [-0.05, 0) is 71.0 Å². The van der Waals surface area contributed by atoms with Crippen LogP contribution in [0.15, 0.2) is 130 Å². The summed E-state index contributed by atoms with van der Waals surface area (Å²) in [4.78, 5) is 74.1. The number of hydrogen-bond acceptors (Lipinski definition) is 13. The van der Waals surface area contributed by atoms with Gasteiger partial charge in [0.25, 0.3) is 5.22 Å². The smallest absolute Gasteiger partial charge is 0.433 e. The number of pyridine rings is 2. The first kappa shape index (κ1) is 58.4. The van der Waals surface area contributed by atoms with Crippen molar-refractivity contribution in [1.29, 1.82) is 0 Å². The summed E-state index contributed by atoms with van der Waals surface area (Å²) in [5.74, 6) is -3.52. The number of thioether (sulfide) groups is 1. The fraction of sp³-hybridized carbons (Fsp3) is 0.322. The molecule has 0 N–H and O–H groups in total. The van der Waals surface area contributed by atoms with Gasteiger partial charge in [-0.2, -0.15) is 31.3 Å². The topological polar surface area (TPSA) is 159 Å². The highest BCUT2D eigenvalue weighted by Gasteiger charge is 2.42. The second kappa shape index (κ2) is 26.1. The lowest BCUT2D eigenvalue weighted by atomic mass is 10.1.